The van der Waals surface area contributed by atoms with Gasteiger partial charge in [0.1, 0.15) is 5.75 Å². The number of aryl methyl sites for hydroxylation is 2. The van der Waals surface area contributed by atoms with Gasteiger partial charge >= 0.3 is 0 Å². The molecule has 0 saturated heterocycles. The minimum atomic E-state index is -0.128. The second-order valence-electron chi connectivity index (χ2n) is 4.08. The van der Waals surface area contributed by atoms with E-state index in [2.05, 4.69) is 11.4 Å². The number of benzene rings is 1. The van der Waals surface area contributed by atoms with Crippen molar-refractivity contribution in [2.45, 2.75) is 20.3 Å². The summed E-state index contributed by atoms with van der Waals surface area (Å²) in [7, 11) is 0. The summed E-state index contributed by atoms with van der Waals surface area (Å²) in [5.74, 6) is 0.754. The minimum absolute atomic E-state index is 0.0396. The van der Waals surface area contributed by atoms with Crippen molar-refractivity contribution in [1.29, 1.82) is 0 Å². The van der Waals surface area contributed by atoms with Crippen molar-refractivity contribution in [3.63, 3.8) is 0 Å². The maximum Gasteiger partial charge on any atom is 0.233 e. The summed E-state index contributed by atoms with van der Waals surface area (Å²) in [4.78, 5) is 10.9. The van der Waals surface area contributed by atoms with Crippen molar-refractivity contribution in [2.24, 2.45) is 5.73 Å². The molecule has 94 valence electrons. The fraction of sp³-hybridized carbons (Fsp3) is 0.462. The number of amides is 1. The Bertz CT molecular complexity index is 357. The zero-order chi connectivity index (χ0) is 12.7. The molecule has 4 heteroatoms. The summed E-state index contributed by atoms with van der Waals surface area (Å²) in [5.41, 5.74) is 7.55. The lowest BCUT2D eigenvalue weighted by Gasteiger charge is -2.08. The predicted octanol–water partition coefficient (Wildman–Crippen LogP) is 1.15. The highest BCUT2D eigenvalue weighted by atomic mass is 16.5. The maximum absolute atomic E-state index is 10.9. The fourth-order valence-corrected chi connectivity index (χ4v) is 1.58. The Kier molecular flexibility index (Phi) is 5.49. The first-order chi connectivity index (χ1) is 8.11. The van der Waals surface area contributed by atoms with Gasteiger partial charge in [0.15, 0.2) is 0 Å². The van der Waals surface area contributed by atoms with E-state index in [0.29, 0.717) is 13.2 Å². The van der Waals surface area contributed by atoms with Crippen LogP contribution in [0, 0.1) is 13.8 Å². The molecule has 0 bridgehead atoms. The molecule has 0 aliphatic heterocycles. The van der Waals surface area contributed by atoms with Crippen LogP contribution in [0.5, 0.6) is 5.75 Å². The van der Waals surface area contributed by atoms with Gasteiger partial charge in [0.05, 0.1) is 13.2 Å². The Morgan fingerprint density at radius 1 is 1.29 bits per heavy atom. The number of ether oxygens (including phenoxy) is 1. The summed E-state index contributed by atoms with van der Waals surface area (Å²) in [5, 5.41) is 2.70. The Labute approximate surface area is 102 Å². The Hall–Kier alpha value is -1.55. The van der Waals surface area contributed by atoms with Gasteiger partial charge < -0.3 is 15.8 Å². The van der Waals surface area contributed by atoms with E-state index < -0.39 is 0 Å². The van der Waals surface area contributed by atoms with E-state index in [4.69, 9.17) is 10.5 Å². The Morgan fingerprint density at radius 3 is 2.53 bits per heavy atom. The van der Waals surface area contributed by atoms with Crippen molar-refractivity contribution >= 4 is 5.91 Å². The summed E-state index contributed by atoms with van der Waals surface area (Å²) >= 11 is 0. The van der Waals surface area contributed by atoms with Gasteiger partial charge in [-0.15, -0.1) is 0 Å². The van der Waals surface area contributed by atoms with Crippen LogP contribution in [0.1, 0.15) is 17.5 Å². The molecule has 0 aliphatic carbocycles. The first-order valence-electron chi connectivity index (χ1n) is 5.79. The number of nitrogens with one attached hydrogen (secondary N) is 1. The second kappa shape index (κ2) is 6.91. The van der Waals surface area contributed by atoms with Crippen LogP contribution >= 0.6 is 0 Å². The third-order valence-corrected chi connectivity index (χ3v) is 2.29. The Morgan fingerprint density at radius 2 is 1.94 bits per heavy atom. The third kappa shape index (κ3) is 5.36. The van der Waals surface area contributed by atoms with E-state index in [1.54, 1.807) is 0 Å². The molecular formula is C13H20N2O2. The Balaban J connectivity index is 2.24. The number of hydrogen-bond acceptors (Lipinski definition) is 3. The van der Waals surface area contributed by atoms with Crippen LogP contribution in [0.25, 0.3) is 0 Å². The smallest absolute Gasteiger partial charge is 0.233 e. The number of carbonyl (C=O) groups is 1. The lowest BCUT2D eigenvalue weighted by molar-refractivity contribution is -0.119. The van der Waals surface area contributed by atoms with Crippen LogP contribution in [-0.4, -0.2) is 25.6 Å². The van der Waals surface area contributed by atoms with Crippen LogP contribution in [0.4, 0.5) is 0 Å². The standard InChI is InChI=1S/C13H20N2O2/c1-10-6-11(2)8-12(7-10)17-5-3-4-15-13(16)9-14/h6-8H,3-5,9,14H2,1-2H3,(H,15,16). The number of rotatable bonds is 6. The fourth-order valence-electron chi connectivity index (χ4n) is 1.58. The van der Waals surface area contributed by atoms with Crippen LogP contribution < -0.4 is 15.8 Å². The van der Waals surface area contributed by atoms with Gasteiger partial charge in [-0.1, -0.05) is 6.07 Å². The van der Waals surface area contributed by atoms with Gasteiger partial charge in [-0.05, 0) is 43.5 Å². The first kappa shape index (κ1) is 13.5. The van der Waals surface area contributed by atoms with E-state index in [-0.39, 0.29) is 12.5 Å². The van der Waals surface area contributed by atoms with Gasteiger partial charge in [0, 0.05) is 6.54 Å². The van der Waals surface area contributed by atoms with E-state index in [0.717, 1.165) is 12.2 Å². The molecule has 0 radical (unpaired) electrons. The monoisotopic (exact) mass is 236 g/mol. The summed E-state index contributed by atoms with van der Waals surface area (Å²) in [6.45, 7) is 5.31. The zero-order valence-electron chi connectivity index (χ0n) is 10.5. The average Bonchev–Trinajstić information content (AvgIpc) is 2.27. The maximum atomic E-state index is 10.9. The van der Waals surface area contributed by atoms with E-state index in [1.165, 1.54) is 11.1 Å². The molecule has 17 heavy (non-hydrogen) atoms. The number of carbonyl (C=O) groups excluding carboxylic acids is 1. The number of nitrogens with two attached hydrogens (primary N) is 1. The minimum Gasteiger partial charge on any atom is -0.494 e. The quantitative estimate of drug-likeness (QED) is 0.728. The number of hydrogen-bond donors (Lipinski definition) is 2. The molecule has 0 aromatic heterocycles. The topological polar surface area (TPSA) is 64.3 Å². The van der Waals surface area contributed by atoms with Crippen LogP contribution in [0.2, 0.25) is 0 Å². The van der Waals surface area contributed by atoms with Crippen LogP contribution in [-0.2, 0) is 4.79 Å². The largest absolute Gasteiger partial charge is 0.494 e. The van der Waals surface area contributed by atoms with Crippen molar-refractivity contribution in [1.82, 2.24) is 5.32 Å². The molecule has 4 nitrogen and oxygen atoms in total. The van der Waals surface area contributed by atoms with Gasteiger partial charge in [0.2, 0.25) is 5.91 Å². The summed E-state index contributed by atoms with van der Waals surface area (Å²) in [6.07, 6.45) is 0.777. The highest BCUT2D eigenvalue weighted by Crippen LogP contribution is 2.16. The summed E-state index contributed by atoms with van der Waals surface area (Å²) in [6, 6.07) is 6.12. The normalized spacial score (nSPS) is 10.1. The van der Waals surface area contributed by atoms with E-state index in [1.807, 2.05) is 26.0 Å². The highest BCUT2D eigenvalue weighted by Gasteiger charge is 1.98. The molecule has 0 unspecified atom stereocenters. The second-order valence-corrected chi connectivity index (χ2v) is 4.08. The highest BCUT2D eigenvalue weighted by molar-refractivity contribution is 5.77. The third-order valence-electron chi connectivity index (χ3n) is 2.29. The lowest BCUT2D eigenvalue weighted by Crippen LogP contribution is -2.31. The molecule has 1 aromatic carbocycles. The molecule has 0 spiro atoms. The zero-order valence-corrected chi connectivity index (χ0v) is 10.5. The average molecular weight is 236 g/mol. The van der Waals surface area contributed by atoms with E-state index >= 15 is 0 Å². The molecule has 1 aromatic rings. The molecule has 0 atom stereocenters. The molecule has 0 heterocycles. The molecule has 1 rings (SSSR count). The van der Waals surface area contributed by atoms with Crippen molar-refractivity contribution in [2.75, 3.05) is 19.7 Å². The molecule has 0 aliphatic rings. The SMILES string of the molecule is Cc1cc(C)cc(OCCCNC(=O)CN)c1. The van der Waals surface area contributed by atoms with Gasteiger partial charge in [0.25, 0.3) is 0 Å². The van der Waals surface area contributed by atoms with Crippen molar-refractivity contribution in [3.8, 4) is 5.75 Å². The summed E-state index contributed by atoms with van der Waals surface area (Å²) < 4.78 is 5.60. The first-order valence-corrected chi connectivity index (χ1v) is 5.79. The molecule has 1 amide bonds. The lowest BCUT2D eigenvalue weighted by atomic mass is 10.1. The van der Waals surface area contributed by atoms with Crippen LogP contribution in [0.3, 0.4) is 0 Å². The molecule has 0 fully saturated rings. The van der Waals surface area contributed by atoms with E-state index in [9.17, 15) is 4.79 Å². The molecular weight excluding hydrogens is 216 g/mol. The van der Waals surface area contributed by atoms with Crippen molar-refractivity contribution < 1.29 is 9.53 Å². The predicted molar refractivity (Wildman–Crippen MR) is 68.1 cm³/mol. The van der Waals surface area contributed by atoms with Gasteiger partial charge in [-0.25, -0.2) is 0 Å². The molecule has 0 saturated carbocycles. The van der Waals surface area contributed by atoms with Gasteiger partial charge in [-0.2, -0.15) is 0 Å². The van der Waals surface area contributed by atoms with Crippen molar-refractivity contribution in [3.05, 3.63) is 29.3 Å². The van der Waals surface area contributed by atoms with Crippen LogP contribution in [0.15, 0.2) is 18.2 Å². The molecule has 3 N–H and O–H groups in total. The van der Waals surface area contributed by atoms with Gasteiger partial charge in [-0.3, -0.25) is 4.79 Å².